The summed E-state index contributed by atoms with van der Waals surface area (Å²) in [5.41, 5.74) is 0.802. The Balaban J connectivity index is 1.42. The summed E-state index contributed by atoms with van der Waals surface area (Å²) in [7, 11) is -1.85. The number of hydrogen-bond donors (Lipinski definition) is 1. The van der Waals surface area contributed by atoms with Crippen molar-refractivity contribution in [1.29, 1.82) is 0 Å². The molecule has 1 N–H and O–H groups in total. The first-order chi connectivity index (χ1) is 16.8. The first-order valence-corrected chi connectivity index (χ1v) is 13.4. The number of benzene rings is 2. The highest BCUT2D eigenvalue weighted by Crippen LogP contribution is 2.30. The minimum absolute atomic E-state index is 0.00706. The maximum atomic E-state index is 12.8. The Labute approximate surface area is 215 Å². The highest BCUT2D eigenvalue weighted by Gasteiger charge is 2.21. The molecule has 4 rings (SSSR count). The molecule has 2 heterocycles. The van der Waals surface area contributed by atoms with Crippen LogP contribution < -0.4 is 14.2 Å². The van der Waals surface area contributed by atoms with E-state index in [1.54, 1.807) is 18.2 Å². The summed E-state index contributed by atoms with van der Waals surface area (Å²) in [5, 5.41) is 0.628. The number of sulfonamides is 1. The molecule has 0 unspecified atom stereocenters. The number of piperidine rings is 1. The number of aromatic nitrogens is 2. The van der Waals surface area contributed by atoms with Gasteiger partial charge in [-0.1, -0.05) is 41.4 Å². The Bertz CT molecular complexity index is 1270. The molecule has 1 saturated heterocycles. The summed E-state index contributed by atoms with van der Waals surface area (Å²) in [6.45, 7) is 2.88. The van der Waals surface area contributed by atoms with E-state index in [2.05, 4.69) is 26.6 Å². The van der Waals surface area contributed by atoms with Crippen molar-refractivity contribution in [3.63, 3.8) is 0 Å². The predicted molar refractivity (Wildman–Crippen MR) is 136 cm³/mol. The van der Waals surface area contributed by atoms with Crippen molar-refractivity contribution in [2.45, 2.75) is 24.3 Å². The van der Waals surface area contributed by atoms with E-state index in [-0.39, 0.29) is 28.1 Å². The number of anilines is 1. The van der Waals surface area contributed by atoms with Crippen molar-refractivity contribution < 1.29 is 17.9 Å². The molecule has 186 valence electrons. The molecule has 0 atom stereocenters. The number of likely N-dealkylation sites (tertiary alicyclic amines) is 1. The van der Waals surface area contributed by atoms with Crippen molar-refractivity contribution in [2.75, 3.05) is 31.5 Å². The van der Waals surface area contributed by atoms with E-state index < -0.39 is 10.0 Å². The smallest absolute Gasteiger partial charge is 0.264 e. The molecule has 0 bridgehead atoms. The van der Waals surface area contributed by atoms with Gasteiger partial charge in [0.1, 0.15) is 23.6 Å². The predicted octanol–water partition coefficient (Wildman–Crippen LogP) is 4.88. The maximum absolute atomic E-state index is 12.8. The lowest BCUT2D eigenvalue weighted by Gasteiger charge is -2.28. The average Bonchev–Trinajstić information content (AvgIpc) is 2.84. The lowest BCUT2D eigenvalue weighted by atomic mass is 9.98. The van der Waals surface area contributed by atoms with Gasteiger partial charge in [-0.25, -0.2) is 18.4 Å². The van der Waals surface area contributed by atoms with Gasteiger partial charge in [0, 0.05) is 0 Å². The van der Waals surface area contributed by atoms with Crippen LogP contribution >= 0.6 is 23.2 Å². The van der Waals surface area contributed by atoms with E-state index >= 15 is 0 Å². The minimum atomic E-state index is -3.98. The second kappa shape index (κ2) is 11.4. The van der Waals surface area contributed by atoms with Gasteiger partial charge in [-0.3, -0.25) is 4.72 Å². The number of ether oxygens (including phenoxy) is 2. The molecule has 2 aromatic carbocycles. The first-order valence-electron chi connectivity index (χ1n) is 11.1. The Kier molecular flexibility index (Phi) is 8.33. The quantitative estimate of drug-likeness (QED) is 0.416. The molecule has 8 nitrogen and oxygen atoms in total. The summed E-state index contributed by atoms with van der Waals surface area (Å²) >= 11 is 12.4. The van der Waals surface area contributed by atoms with Gasteiger partial charge >= 0.3 is 0 Å². The molecule has 1 aliphatic rings. The van der Waals surface area contributed by atoms with E-state index in [1.807, 2.05) is 12.1 Å². The van der Waals surface area contributed by atoms with Crippen molar-refractivity contribution in [3.05, 3.63) is 70.6 Å². The van der Waals surface area contributed by atoms with Crippen LogP contribution in [0.1, 0.15) is 18.4 Å². The van der Waals surface area contributed by atoms with Gasteiger partial charge in [-0.15, -0.1) is 0 Å². The molecule has 3 aromatic rings. The summed E-state index contributed by atoms with van der Waals surface area (Å²) in [6, 6.07) is 11.6. The fraction of sp³-hybridized carbons (Fsp3) is 0.333. The molecule has 0 spiro atoms. The standard InChI is InChI=1S/C24H26Cl2N4O4S/c1-30-10-8-17(9-11-30)14-33-21-12-18(6-7-19(21)25)15-34-22-13-27-16-28-24(22)29-35(31,32)23-5-3-2-4-20(23)26/h2-7,12-13,16-17H,8-11,14-15H2,1H3,(H,27,28,29). The lowest BCUT2D eigenvalue weighted by Crippen LogP contribution is -2.32. The highest BCUT2D eigenvalue weighted by atomic mass is 35.5. The van der Waals surface area contributed by atoms with Gasteiger partial charge in [0.2, 0.25) is 0 Å². The minimum Gasteiger partial charge on any atom is -0.492 e. The topological polar surface area (TPSA) is 93.7 Å². The van der Waals surface area contributed by atoms with E-state index in [9.17, 15) is 8.42 Å². The molecule has 0 radical (unpaired) electrons. The van der Waals surface area contributed by atoms with Gasteiger partial charge in [0.25, 0.3) is 10.0 Å². The molecule has 1 fully saturated rings. The Morgan fingerprint density at radius 2 is 1.83 bits per heavy atom. The first kappa shape index (κ1) is 25.5. The van der Waals surface area contributed by atoms with Crippen LogP contribution in [-0.2, 0) is 16.6 Å². The fourth-order valence-corrected chi connectivity index (χ4v) is 5.40. The molecular formula is C24H26Cl2N4O4S. The molecule has 1 aliphatic heterocycles. The van der Waals surface area contributed by atoms with Crippen LogP contribution in [0.3, 0.4) is 0 Å². The van der Waals surface area contributed by atoms with E-state index in [0.29, 0.717) is 23.3 Å². The molecular weight excluding hydrogens is 511 g/mol. The van der Waals surface area contributed by atoms with Gasteiger partial charge in [0.05, 0.1) is 22.8 Å². The molecule has 0 saturated carbocycles. The number of hydrogen-bond acceptors (Lipinski definition) is 7. The SMILES string of the molecule is CN1CCC(COc2cc(COc3cncnc3NS(=O)(=O)c3ccccc3Cl)ccc2Cl)CC1. The lowest BCUT2D eigenvalue weighted by molar-refractivity contribution is 0.160. The molecule has 11 heteroatoms. The van der Waals surface area contributed by atoms with E-state index in [4.69, 9.17) is 32.7 Å². The average molecular weight is 537 g/mol. The van der Waals surface area contributed by atoms with Crippen LogP contribution in [0.2, 0.25) is 10.0 Å². The van der Waals surface area contributed by atoms with E-state index in [0.717, 1.165) is 31.5 Å². The molecule has 0 aliphatic carbocycles. The van der Waals surface area contributed by atoms with Crippen LogP contribution in [0, 0.1) is 5.92 Å². The number of rotatable bonds is 9. The largest absolute Gasteiger partial charge is 0.492 e. The van der Waals surface area contributed by atoms with Crippen LogP contribution in [-0.4, -0.2) is 50.0 Å². The molecule has 0 amide bonds. The zero-order chi connectivity index (χ0) is 24.8. The summed E-state index contributed by atoms with van der Waals surface area (Å²) < 4.78 is 39.9. The number of nitrogens with one attached hydrogen (secondary N) is 1. The highest BCUT2D eigenvalue weighted by molar-refractivity contribution is 7.92. The number of halogens is 2. The van der Waals surface area contributed by atoms with Crippen molar-refractivity contribution in [3.8, 4) is 11.5 Å². The number of nitrogens with zero attached hydrogens (tertiary/aromatic N) is 3. The molecule has 35 heavy (non-hydrogen) atoms. The Morgan fingerprint density at radius 3 is 2.60 bits per heavy atom. The van der Waals surface area contributed by atoms with Crippen LogP contribution in [0.5, 0.6) is 11.5 Å². The Hall–Kier alpha value is -2.59. The third kappa shape index (κ3) is 6.76. The monoisotopic (exact) mass is 536 g/mol. The van der Waals surface area contributed by atoms with Gasteiger partial charge in [-0.2, -0.15) is 0 Å². The van der Waals surface area contributed by atoms with E-state index in [1.165, 1.54) is 24.7 Å². The van der Waals surface area contributed by atoms with Gasteiger partial charge in [-0.05, 0) is 68.7 Å². The van der Waals surface area contributed by atoms with Crippen molar-refractivity contribution in [2.24, 2.45) is 5.92 Å². The maximum Gasteiger partial charge on any atom is 0.264 e. The van der Waals surface area contributed by atoms with Crippen LogP contribution in [0.15, 0.2) is 59.9 Å². The van der Waals surface area contributed by atoms with Gasteiger partial charge in [0.15, 0.2) is 11.6 Å². The van der Waals surface area contributed by atoms with Gasteiger partial charge < -0.3 is 14.4 Å². The third-order valence-electron chi connectivity index (χ3n) is 5.74. The van der Waals surface area contributed by atoms with Crippen molar-refractivity contribution in [1.82, 2.24) is 14.9 Å². The normalized spacial score (nSPS) is 15.1. The summed E-state index contributed by atoms with van der Waals surface area (Å²) in [5.74, 6) is 1.27. The Morgan fingerprint density at radius 1 is 1.06 bits per heavy atom. The fourth-order valence-electron chi connectivity index (χ4n) is 3.69. The third-order valence-corrected chi connectivity index (χ3v) is 7.89. The summed E-state index contributed by atoms with van der Waals surface area (Å²) in [6.07, 6.45) is 4.81. The van der Waals surface area contributed by atoms with Crippen LogP contribution in [0.4, 0.5) is 5.82 Å². The second-order valence-electron chi connectivity index (χ2n) is 8.38. The zero-order valence-corrected chi connectivity index (χ0v) is 21.5. The summed E-state index contributed by atoms with van der Waals surface area (Å²) in [4.78, 5) is 10.2. The van der Waals surface area contributed by atoms with Crippen molar-refractivity contribution >= 4 is 39.0 Å². The molecule has 1 aromatic heterocycles. The second-order valence-corrected chi connectivity index (χ2v) is 10.8. The van der Waals surface area contributed by atoms with Crippen LogP contribution in [0.25, 0.3) is 0 Å². The zero-order valence-electron chi connectivity index (χ0n) is 19.2.